The van der Waals surface area contributed by atoms with Gasteiger partial charge in [-0.1, -0.05) is 18.2 Å². The van der Waals surface area contributed by atoms with Crippen molar-refractivity contribution in [3.05, 3.63) is 60.0 Å². The Morgan fingerprint density at radius 2 is 2.06 bits per heavy atom. The zero-order valence-electron chi connectivity index (χ0n) is 9.82. The Balaban J connectivity index is 2.01. The molecule has 0 radical (unpaired) electrons. The summed E-state index contributed by atoms with van der Waals surface area (Å²) in [6, 6.07) is 9.81. The first-order valence-corrected chi connectivity index (χ1v) is 5.81. The van der Waals surface area contributed by atoms with Gasteiger partial charge in [-0.2, -0.15) is 5.10 Å². The molecule has 0 spiro atoms. The van der Waals surface area contributed by atoms with Gasteiger partial charge in [-0.25, -0.2) is 0 Å². The van der Waals surface area contributed by atoms with Crippen molar-refractivity contribution in [2.24, 2.45) is 0 Å². The van der Waals surface area contributed by atoms with Crippen LogP contribution in [0.2, 0.25) is 0 Å². The number of rotatable bonds is 3. The van der Waals surface area contributed by atoms with Crippen LogP contribution >= 0.6 is 0 Å². The fourth-order valence-electron chi connectivity index (χ4n) is 2.00. The van der Waals surface area contributed by atoms with Crippen molar-refractivity contribution in [3.8, 4) is 0 Å². The van der Waals surface area contributed by atoms with Crippen LogP contribution in [-0.2, 0) is 13.2 Å². The molecule has 3 rings (SSSR count). The van der Waals surface area contributed by atoms with Crippen molar-refractivity contribution in [3.63, 3.8) is 0 Å². The van der Waals surface area contributed by atoms with Gasteiger partial charge in [-0.15, -0.1) is 0 Å². The first kappa shape index (κ1) is 10.9. The Morgan fingerprint density at radius 3 is 2.83 bits per heavy atom. The van der Waals surface area contributed by atoms with Gasteiger partial charge in [0.05, 0.1) is 24.9 Å². The highest BCUT2D eigenvalue weighted by Crippen LogP contribution is 2.17. The van der Waals surface area contributed by atoms with E-state index >= 15 is 0 Å². The van der Waals surface area contributed by atoms with Crippen molar-refractivity contribution >= 4 is 10.9 Å². The molecule has 0 aliphatic rings. The molecule has 0 aliphatic heterocycles. The predicted molar refractivity (Wildman–Crippen MR) is 69.0 cm³/mol. The van der Waals surface area contributed by atoms with E-state index in [1.54, 1.807) is 6.20 Å². The van der Waals surface area contributed by atoms with Crippen LogP contribution in [0, 0.1) is 0 Å². The quantitative estimate of drug-likeness (QED) is 0.760. The maximum Gasteiger partial charge on any atom is 0.0690 e. The Morgan fingerprint density at radius 1 is 1.11 bits per heavy atom. The monoisotopic (exact) mass is 239 g/mol. The van der Waals surface area contributed by atoms with Crippen LogP contribution in [0.5, 0.6) is 0 Å². The Labute approximate surface area is 105 Å². The molecule has 90 valence electrons. The van der Waals surface area contributed by atoms with Gasteiger partial charge in [-0.3, -0.25) is 9.67 Å². The molecule has 4 heteroatoms. The molecule has 3 aromatic rings. The summed E-state index contributed by atoms with van der Waals surface area (Å²) in [5.74, 6) is 0. The number of aromatic nitrogens is 3. The third kappa shape index (κ3) is 1.98. The predicted octanol–water partition coefficient (Wildman–Crippen LogP) is 1.97. The van der Waals surface area contributed by atoms with Gasteiger partial charge >= 0.3 is 0 Å². The van der Waals surface area contributed by atoms with Crippen LogP contribution in [0.4, 0.5) is 0 Å². The van der Waals surface area contributed by atoms with Crippen LogP contribution in [0.15, 0.2) is 48.9 Å². The Kier molecular flexibility index (Phi) is 2.78. The maximum atomic E-state index is 9.18. The van der Waals surface area contributed by atoms with Gasteiger partial charge in [0, 0.05) is 17.8 Å². The van der Waals surface area contributed by atoms with Crippen LogP contribution in [0.3, 0.4) is 0 Å². The van der Waals surface area contributed by atoms with E-state index in [0.29, 0.717) is 6.54 Å². The van der Waals surface area contributed by atoms with Crippen LogP contribution in [0.25, 0.3) is 10.9 Å². The van der Waals surface area contributed by atoms with E-state index in [0.717, 1.165) is 22.0 Å². The molecule has 0 saturated heterocycles. The molecule has 4 nitrogen and oxygen atoms in total. The summed E-state index contributed by atoms with van der Waals surface area (Å²) in [7, 11) is 0. The molecule has 0 bridgehead atoms. The number of hydrogen-bond acceptors (Lipinski definition) is 3. The van der Waals surface area contributed by atoms with Gasteiger partial charge < -0.3 is 5.11 Å². The highest BCUT2D eigenvalue weighted by atomic mass is 16.3. The van der Waals surface area contributed by atoms with Gasteiger partial charge in [0.1, 0.15) is 0 Å². The molecule has 0 saturated carbocycles. The minimum atomic E-state index is 0.0496. The van der Waals surface area contributed by atoms with Crippen molar-refractivity contribution in [1.29, 1.82) is 0 Å². The van der Waals surface area contributed by atoms with Crippen molar-refractivity contribution < 1.29 is 5.11 Å². The second-order valence-electron chi connectivity index (χ2n) is 4.21. The first-order valence-electron chi connectivity index (χ1n) is 5.81. The van der Waals surface area contributed by atoms with E-state index < -0.39 is 0 Å². The van der Waals surface area contributed by atoms with E-state index in [4.69, 9.17) is 0 Å². The summed E-state index contributed by atoms with van der Waals surface area (Å²) < 4.78 is 1.92. The lowest BCUT2D eigenvalue weighted by atomic mass is 10.2. The van der Waals surface area contributed by atoms with E-state index in [-0.39, 0.29) is 6.61 Å². The Bertz CT molecular complexity index is 661. The lowest BCUT2D eigenvalue weighted by Crippen LogP contribution is -2.01. The van der Waals surface area contributed by atoms with Crippen LogP contribution in [-0.4, -0.2) is 19.9 Å². The average molecular weight is 239 g/mol. The highest BCUT2D eigenvalue weighted by molar-refractivity contribution is 5.79. The summed E-state index contributed by atoms with van der Waals surface area (Å²) in [5, 5.41) is 14.6. The topological polar surface area (TPSA) is 50.9 Å². The molecule has 2 heterocycles. The number of nitrogens with zero attached hydrogens (tertiary/aromatic N) is 3. The first-order chi connectivity index (χ1) is 8.86. The lowest BCUT2D eigenvalue weighted by Gasteiger charge is -2.04. The summed E-state index contributed by atoms with van der Waals surface area (Å²) in [6.45, 7) is 0.736. The molecule has 0 unspecified atom stereocenters. The fraction of sp³-hybridized carbons (Fsp3) is 0.143. The second-order valence-corrected chi connectivity index (χ2v) is 4.21. The number of hydrogen-bond donors (Lipinski definition) is 1. The normalized spacial score (nSPS) is 10.9. The van der Waals surface area contributed by atoms with Crippen molar-refractivity contribution in [1.82, 2.24) is 14.8 Å². The number of pyridine rings is 1. The summed E-state index contributed by atoms with van der Waals surface area (Å²) in [6.07, 6.45) is 5.44. The smallest absolute Gasteiger partial charge is 0.0690 e. The van der Waals surface area contributed by atoms with E-state index in [1.165, 1.54) is 0 Å². The number of fused-ring (bicyclic) bond motifs is 1. The molecule has 2 aromatic heterocycles. The summed E-state index contributed by atoms with van der Waals surface area (Å²) in [4.78, 5) is 4.10. The molecular weight excluding hydrogens is 226 g/mol. The average Bonchev–Trinajstić information content (AvgIpc) is 2.82. The summed E-state index contributed by atoms with van der Waals surface area (Å²) >= 11 is 0. The molecule has 1 N–H and O–H groups in total. The largest absolute Gasteiger partial charge is 0.392 e. The van der Waals surface area contributed by atoms with Gasteiger partial charge in [-0.05, 0) is 23.3 Å². The minimum Gasteiger partial charge on any atom is -0.392 e. The minimum absolute atomic E-state index is 0.0496. The molecular formula is C14H13N3O. The zero-order chi connectivity index (χ0) is 12.4. The number of aliphatic hydroxyl groups excluding tert-OH is 1. The highest BCUT2D eigenvalue weighted by Gasteiger charge is 2.04. The zero-order valence-corrected chi connectivity index (χ0v) is 9.82. The fourth-order valence-corrected chi connectivity index (χ4v) is 2.00. The Hall–Kier alpha value is -2.20. The molecule has 0 aliphatic carbocycles. The third-order valence-electron chi connectivity index (χ3n) is 2.95. The SMILES string of the molecule is OCc1ccc2cnn(Cc3cccnc3)c2c1. The summed E-state index contributed by atoms with van der Waals surface area (Å²) in [5.41, 5.74) is 3.04. The van der Waals surface area contributed by atoms with E-state index in [2.05, 4.69) is 10.1 Å². The third-order valence-corrected chi connectivity index (χ3v) is 2.95. The standard InChI is InChI=1S/C14H13N3O/c18-10-11-3-4-13-8-16-17(14(13)6-11)9-12-2-1-5-15-7-12/h1-8,18H,9-10H2. The van der Waals surface area contributed by atoms with Crippen LogP contribution in [0.1, 0.15) is 11.1 Å². The van der Waals surface area contributed by atoms with Crippen LogP contribution < -0.4 is 0 Å². The van der Waals surface area contributed by atoms with E-state index in [9.17, 15) is 5.11 Å². The lowest BCUT2D eigenvalue weighted by molar-refractivity contribution is 0.282. The number of benzene rings is 1. The second kappa shape index (κ2) is 4.58. The maximum absolute atomic E-state index is 9.18. The van der Waals surface area contributed by atoms with Gasteiger partial charge in [0.25, 0.3) is 0 Å². The molecule has 18 heavy (non-hydrogen) atoms. The number of aliphatic hydroxyl groups is 1. The molecule has 0 fully saturated rings. The van der Waals surface area contributed by atoms with Gasteiger partial charge in [0.15, 0.2) is 0 Å². The van der Waals surface area contributed by atoms with Gasteiger partial charge in [0.2, 0.25) is 0 Å². The van der Waals surface area contributed by atoms with E-state index in [1.807, 2.05) is 47.4 Å². The molecule has 1 aromatic carbocycles. The van der Waals surface area contributed by atoms with Crippen molar-refractivity contribution in [2.75, 3.05) is 0 Å². The molecule has 0 amide bonds. The molecule has 0 atom stereocenters. The van der Waals surface area contributed by atoms with Crippen molar-refractivity contribution in [2.45, 2.75) is 13.2 Å².